The van der Waals surface area contributed by atoms with Crippen molar-refractivity contribution < 1.29 is 19.7 Å². The smallest absolute Gasteiger partial charge is 0.306 e. The van der Waals surface area contributed by atoms with Gasteiger partial charge < -0.3 is 5.11 Å². The molecule has 0 aliphatic rings. The third-order valence-corrected chi connectivity index (χ3v) is 3.95. The summed E-state index contributed by atoms with van der Waals surface area (Å²) in [4.78, 5) is 21.4. The highest BCUT2D eigenvalue weighted by Gasteiger charge is 2.25. The molecule has 0 heterocycles. The van der Waals surface area contributed by atoms with Gasteiger partial charge in [0.2, 0.25) is 0 Å². The first-order valence-corrected chi connectivity index (χ1v) is 9.64. The fourth-order valence-corrected chi connectivity index (χ4v) is 2.47. The lowest BCUT2D eigenvalue weighted by Crippen LogP contribution is -2.32. The minimum absolute atomic E-state index is 0.111. The van der Waals surface area contributed by atoms with Crippen LogP contribution in [0.3, 0.4) is 0 Å². The Morgan fingerprint density at radius 2 is 1.29 bits per heavy atom. The summed E-state index contributed by atoms with van der Waals surface area (Å²) in [6.07, 6.45) is 7.99. The van der Waals surface area contributed by atoms with Crippen LogP contribution in [0, 0.1) is 5.92 Å². The molecular formula is C20H42O4. The maximum atomic E-state index is 10.4. The van der Waals surface area contributed by atoms with Crippen LogP contribution in [0.2, 0.25) is 0 Å². The molecule has 0 saturated heterocycles. The fourth-order valence-electron chi connectivity index (χ4n) is 2.47. The molecule has 0 aliphatic heterocycles. The lowest BCUT2D eigenvalue weighted by molar-refractivity contribution is -0.402. The van der Waals surface area contributed by atoms with Gasteiger partial charge in [0.05, 0.1) is 17.1 Å². The van der Waals surface area contributed by atoms with Crippen LogP contribution in [0.5, 0.6) is 0 Å². The quantitative estimate of drug-likeness (QED) is 0.329. The number of rotatable bonds is 12. The molecule has 24 heavy (non-hydrogen) atoms. The van der Waals surface area contributed by atoms with E-state index in [0.29, 0.717) is 0 Å². The first-order valence-electron chi connectivity index (χ1n) is 9.64. The van der Waals surface area contributed by atoms with Crippen LogP contribution < -0.4 is 0 Å². The number of unbranched alkanes of at least 4 members (excludes halogenated alkanes) is 1. The van der Waals surface area contributed by atoms with Crippen LogP contribution in [0.1, 0.15) is 107 Å². The Hall–Kier alpha value is -0.610. The summed E-state index contributed by atoms with van der Waals surface area (Å²) in [7, 11) is 0. The monoisotopic (exact) mass is 346 g/mol. The van der Waals surface area contributed by atoms with Crippen molar-refractivity contribution in [2.75, 3.05) is 0 Å². The minimum Gasteiger partial charge on any atom is -0.481 e. The van der Waals surface area contributed by atoms with Crippen LogP contribution in [-0.4, -0.2) is 22.3 Å². The van der Waals surface area contributed by atoms with Crippen molar-refractivity contribution in [2.45, 2.75) is 118 Å². The molecule has 1 N–H and O–H groups in total. The predicted octanol–water partition coefficient (Wildman–Crippen LogP) is 6.38. The van der Waals surface area contributed by atoms with E-state index in [2.05, 4.69) is 48.5 Å². The maximum Gasteiger partial charge on any atom is 0.306 e. The van der Waals surface area contributed by atoms with Crippen molar-refractivity contribution in [3.05, 3.63) is 0 Å². The van der Waals surface area contributed by atoms with E-state index < -0.39 is 5.97 Å². The summed E-state index contributed by atoms with van der Waals surface area (Å²) in [5, 5.41) is 8.60. The summed E-state index contributed by atoms with van der Waals surface area (Å²) in [6.45, 7) is 16.6. The SMILES string of the molecule is CCCC(C)(C)OOC(C)(C)CCC.CCCCC(CC)C(=O)O. The highest BCUT2D eigenvalue weighted by Crippen LogP contribution is 2.23. The van der Waals surface area contributed by atoms with Gasteiger partial charge in [-0.25, -0.2) is 9.78 Å². The topological polar surface area (TPSA) is 55.8 Å². The molecule has 0 aromatic rings. The Kier molecular flexibility index (Phi) is 14.6. The third-order valence-electron chi connectivity index (χ3n) is 3.95. The Labute approximate surface area is 150 Å². The second-order valence-corrected chi connectivity index (χ2v) is 7.77. The molecule has 0 fully saturated rings. The van der Waals surface area contributed by atoms with Crippen molar-refractivity contribution in [2.24, 2.45) is 5.92 Å². The van der Waals surface area contributed by atoms with Crippen LogP contribution >= 0.6 is 0 Å². The van der Waals surface area contributed by atoms with Crippen molar-refractivity contribution in [1.82, 2.24) is 0 Å². The predicted molar refractivity (Wildman–Crippen MR) is 101 cm³/mol. The second kappa shape index (κ2) is 13.7. The average molecular weight is 347 g/mol. The van der Waals surface area contributed by atoms with E-state index in [9.17, 15) is 4.79 Å². The molecule has 0 spiro atoms. The van der Waals surface area contributed by atoms with E-state index >= 15 is 0 Å². The van der Waals surface area contributed by atoms with E-state index in [1.165, 1.54) is 0 Å². The summed E-state index contributed by atoms with van der Waals surface area (Å²) in [6, 6.07) is 0. The molecule has 0 aliphatic carbocycles. The maximum absolute atomic E-state index is 10.4. The zero-order valence-electron chi connectivity index (χ0n) is 17.4. The van der Waals surface area contributed by atoms with E-state index in [4.69, 9.17) is 14.9 Å². The summed E-state index contributed by atoms with van der Waals surface area (Å²) >= 11 is 0. The number of carbonyl (C=O) groups is 1. The van der Waals surface area contributed by atoms with Crippen molar-refractivity contribution in [3.8, 4) is 0 Å². The van der Waals surface area contributed by atoms with Crippen molar-refractivity contribution in [1.29, 1.82) is 0 Å². The zero-order valence-corrected chi connectivity index (χ0v) is 17.4. The molecule has 0 aromatic carbocycles. The van der Waals surface area contributed by atoms with E-state index in [1.807, 2.05) is 6.92 Å². The molecule has 0 amide bonds. The number of hydrogen-bond acceptors (Lipinski definition) is 3. The molecule has 4 heteroatoms. The normalized spacial score (nSPS) is 13.2. The molecule has 0 radical (unpaired) electrons. The zero-order chi connectivity index (χ0) is 19.2. The second-order valence-electron chi connectivity index (χ2n) is 7.77. The Morgan fingerprint density at radius 3 is 1.54 bits per heavy atom. The van der Waals surface area contributed by atoms with Crippen LogP contribution in [0.25, 0.3) is 0 Å². The van der Waals surface area contributed by atoms with Gasteiger partial charge in [-0.1, -0.05) is 53.4 Å². The number of carboxylic acid groups (broad SMARTS) is 1. The molecule has 4 nitrogen and oxygen atoms in total. The molecule has 146 valence electrons. The molecule has 0 bridgehead atoms. The van der Waals surface area contributed by atoms with Gasteiger partial charge in [0, 0.05) is 0 Å². The van der Waals surface area contributed by atoms with E-state index in [0.717, 1.165) is 51.4 Å². The molecule has 1 unspecified atom stereocenters. The molecule has 0 rings (SSSR count). The molecular weight excluding hydrogens is 304 g/mol. The molecule has 0 aromatic heterocycles. The van der Waals surface area contributed by atoms with Crippen molar-refractivity contribution >= 4 is 5.97 Å². The standard InChI is InChI=1S/C12H26O2.C8H16O2/c1-7-9-11(3,4)13-14-12(5,6)10-8-2;1-3-5-6-7(4-2)8(9)10/h7-10H2,1-6H3;7H,3-6H2,1-2H3,(H,9,10). The molecule has 0 saturated carbocycles. The summed E-state index contributed by atoms with van der Waals surface area (Å²) in [5.41, 5.74) is -0.334. The highest BCUT2D eigenvalue weighted by atomic mass is 17.2. The summed E-state index contributed by atoms with van der Waals surface area (Å²) < 4.78 is 0. The van der Waals surface area contributed by atoms with E-state index in [1.54, 1.807) is 0 Å². The van der Waals surface area contributed by atoms with Gasteiger partial charge in [-0.3, -0.25) is 4.79 Å². The van der Waals surface area contributed by atoms with E-state index in [-0.39, 0.29) is 17.1 Å². The van der Waals surface area contributed by atoms with Gasteiger partial charge in [-0.2, -0.15) is 0 Å². The van der Waals surface area contributed by atoms with Gasteiger partial charge in [0.15, 0.2) is 0 Å². The highest BCUT2D eigenvalue weighted by molar-refractivity contribution is 5.69. The van der Waals surface area contributed by atoms with Gasteiger partial charge in [-0.15, -0.1) is 0 Å². The van der Waals surface area contributed by atoms with Crippen LogP contribution in [0.15, 0.2) is 0 Å². The van der Waals surface area contributed by atoms with Gasteiger partial charge in [0.25, 0.3) is 0 Å². The Morgan fingerprint density at radius 1 is 0.875 bits per heavy atom. The van der Waals surface area contributed by atoms with Gasteiger partial charge >= 0.3 is 5.97 Å². The Balaban J connectivity index is 0. The number of hydrogen-bond donors (Lipinski definition) is 1. The third kappa shape index (κ3) is 14.9. The minimum atomic E-state index is -0.643. The largest absolute Gasteiger partial charge is 0.481 e. The van der Waals surface area contributed by atoms with Gasteiger partial charge in [-0.05, 0) is 53.4 Å². The number of aliphatic carboxylic acids is 1. The van der Waals surface area contributed by atoms with Crippen LogP contribution in [0.4, 0.5) is 0 Å². The first-order chi connectivity index (χ1) is 11.0. The lowest BCUT2D eigenvalue weighted by Gasteiger charge is -2.30. The fraction of sp³-hybridized carbons (Fsp3) is 0.950. The lowest BCUT2D eigenvalue weighted by atomic mass is 10.00. The molecule has 1 atom stereocenters. The Bertz CT molecular complexity index is 293. The van der Waals surface area contributed by atoms with Crippen molar-refractivity contribution in [3.63, 3.8) is 0 Å². The first kappa shape index (κ1) is 25.6. The average Bonchev–Trinajstić information content (AvgIpc) is 2.47. The summed E-state index contributed by atoms with van der Waals surface area (Å²) in [5.74, 6) is -0.754. The van der Waals surface area contributed by atoms with Gasteiger partial charge in [0.1, 0.15) is 0 Å². The van der Waals surface area contributed by atoms with Crippen LogP contribution in [-0.2, 0) is 14.6 Å². The number of carboxylic acids is 1.